The molecule has 7 heteroatoms. The number of anilines is 1. The molecule has 1 amide bonds. The maximum atomic E-state index is 11.9. The van der Waals surface area contributed by atoms with E-state index in [1.54, 1.807) is 0 Å². The zero-order valence-electron chi connectivity index (χ0n) is 16.1. The van der Waals surface area contributed by atoms with Gasteiger partial charge in [0.15, 0.2) is 0 Å². The van der Waals surface area contributed by atoms with Gasteiger partial charge in [-0.05, 0) is 19.3 Å². The Kier molecular flexibility index (Phi) is 4.34. The van der Waals surface area contributed by atoms with Gasteiger partial charge in [-0.1, -0.05) is 42.4 Å². The van der Waals surface area contributed by atoms with Crippen molar-refractivity contribution in [3.05, 3.63) is 30.3 Å². The molecule has 3 fully saturated rings. The third-order valence-corrected chi connectivity index (χ3v) is 6.51. The molecule has 1 aromatic heterocycles. The number of aromatic nitrogens is 2. The molecule has 28 heavy (non-hydrogen) atoms. The van der Waals surface area contributed by atoms with Crippen LogP contribution in [0.3, 0.4) is 0 Å². The van der Waals surface area contributed by atoms with Crippen LogP contribution in [0.5, 0.6) is 0 Å². The highest BCUT2D eigenvalue weighted by atomic mass is 16.5. The molecule has 148 valence electrons. The Labute approximate surface area is 164 Å². The maximum absolute atomic E-state index is 11.9. The minimum Gasteiger partial charge on any atom is -0.369 e. The van der Waals surface area contributed by atoms with Gasteiger partial charge >= 0.3 is 6.01 Å². The first-order valence-corrected chi connectivity index (χ1v) is 10.3. The second kappa shape index (κ2) is 6.88. The summed E-state index contributed by atoms with van der Waals surface area (Å²) in [6.45, 7) is 4.34. The molecule has 1 spiro atoms. The SMILES string of the molecule is CCCC(=O)NC[C@H]1[C@H]2CN(c3nc(-c4ccccc4)no3)C[C@]23CC[C@H]1O3. The van der Waals surface area contributed by atoms with E-state index in [-0.39, 0.29) is 17.6 Å². The molecule has 3 saturated heterocycles. The molecule has 0 radical (unpaired) electrons. The summed E-state index contributed by atoms with van der Waals surface area (Å²) in [5, 5.41) is 7.27. The van der Waals surface area contributed by atoms with Crippen LogP contribution >= 0.6 is 0 Å². The second-order valence-corrected chi connectivity index (χ2v) is 8.23. The van der Waals surface area contributed by atoms with Crippen LogP contribution in [-0.4, -0.2) is 47.4 Å². The Morgan fingerprint density at radius 3 is 3.04 bits per heavy atom. The molecule has 7 nitrogen and oxygen atoms in total. The number of ether oxygens (including phenoxy) is 1. The van der Waals surface area contributed by atoms with E-state index in [9.17, 15) is 4.79 Å². The lowest BCUT2D eigenvalue weighted by atomic mass is 9.73. The van der Waals surface area contributed by atoms with E-state index in [4.69, 9.17) is 9.26 Å². The number of carbonyl (C=O) groups is 1. The molecule has 1 N–H and O–H groups in total. The minimum atomic E-state index is -0.133. The number of amides is 1. The van der Waals surface area contributed by atoms with Gasteiger partial charge in [0.2, 0.25) is 11.7 Å². The summed E-state index contributed by atoms with van der Waals surface area (Å²) in [6.07, 6.45) is 3.86. The molecule has 3 aliphatic rings. The molecule has 4 atom stereocenters. The van der Waals surface area contributed by atoms with Crippen LogP contribution in [0.1, 0.15) is 32.6 Å². The number of rotatable bonds is 6. The van der Waals surface area contributed by atoms with Crippen LogP contribution in [0.15, 0.2) is 34.9 Å². The fourth-order valence-corrected chi connectivity index (χ4v) is 5.20. The van der Waals surface area contributed by atoms with Crippen LogP contribution in [0.25, 0.3) is 11.4 Å². The van der Waals surface area contributed by atoms with Gasteiger partial charge in [0.05, 0.1) is 18.2 Å². The van der Waals surface area contributed by atoms with Gasteiger partial charge in [-0.3, -0.25) is 4.79 Å². The maximum Gasteiger partial charge on any atom is 0.324 e. The normalized spacial score (nSPS) is 30.6. The van der Waals surface area contributed by atoms with E-state index < -0.39 is 0 Å². The lowest BCUT2D eigenvalue weighted by molar-refractivity contribution is -0.121. The van der Waals surface area contributed by atoms with Gasteiger partial charge in [-0.15, -0.1) is 0 Å². The van der Waals surface area contributed by atoms with Crippen molar-refractivity contribution in [1.82, 2.24) is 15.5 Å². The quantitative estimate of drug-likeness (QED) is 0.827. The highest BCUT2D eigenvalue weighted by Crippen LogP contribution is 2.55. The number of hydrogen-bond donors (Lipinski definition) is 1. The Morgan fingerprint density at radius 2 is 2.21 bits per heavy atom. The highest BCUT2D eigenvalue weighted by molar-refractivity contribution is 5.75. The summed E-state index contributed by atoms with van der Waals surface area (Å²) in [5.41, 5.74) is 0.815. The van der Waals surface area contributed by atoms with Crippen molar-refractivity contribution >= 4 is 11.9 Å². The Hall–Kier alpha value is -2.41. The number of hydrogen-bond acceptors (Lipinski definition) is 6. The van der Waals surface area contributed by atoms with E-state index in [0.717, 1.165) is 37.9 Å². The predicted octanol–water partition coefficient (Wildman–Crippen LogP) is 2.64. The van der Waals surface area contributed by atoms with E-state index in [1.165, 1.54) is 0 Å². The third kappa shape index (κ3) is 2.89. The number of nitrogens with one attached hydrogen (secondary N) is 1. The van der Waals surface area contributed by atoms with Crippen molar-refractivity contribution in [1.29, 1.82) is 0 Å². The summed E-state index contributed by atoms with van der Waals surface area (Å²) in [7, 11) is 0. The fraction of sp³-hybridized carbons (Fsp3) is 0.571. The summed E-state index contributed by atoms with van der Waals surface area (Å²) < 4.78 is 12.0. The van der Waals surface area contributed by atoms with Gasteiger partial charge in [-0.2, -0.15) is 4.98 Å². The average molecular weight is 382 g/mol. The number of benzene rings is 1. The molecule has 2 bridgehead atoms. The fourth-order valence-electron chi connectivity index (χ4n) is 5.20. The lowest BCUT2D eigenvalue weighted by Gasteiger charge is -2.29. The zero-order chi connectivity index (χ0) is 19.1. The van der Waals surface area contributed by atoms with Crippen molar-refractivity contribution in [2.45, 2.75) is 44.3 Å². The molecule has 0 saturated carbocycles. The first-order chi connectivity index (χ1) is 13.7. The van der Waals surface area contributed by atoms with E-state index in [0.29, 0.717) is 36.6 Å². The Bertz CT molecular complexity index is 854. The second-order valence-electron chi connectivity index (χ2n) is 8.23. The van der Waals surface area contributed by atoms with E-state index in [1.807, 2.05) is 37.3 Å². The monoisotopic (exact) mass is 382 g/mol. The predicted molar refractivity (Wildman–Crippen MR) is 104 cm³/mol. The van der Waals surface area contributed by atoms with Crippen LogP contribution in [0.2, 0.25) is 0 Å². The highest BCUT2D eigenvalue weighted by Gasteiger charge is 2.63. The largest absolute Gasteiger partial charge is 0.369 e. The molecule has 4 heterocycles. The van der Waals surface area contributed by atoms with Crippen LogP contribution in [-0.2, 0) is 9.53 Å². The summed E-state index contributed by atoms with van der Waals surface area (Å²) >= 11 is 0. The van der Waals surface area contributed by atoms with E-state index in [2.05, 4.69) is 20.4 Å². The first-order valence-electron chi connectivity index (χ1n) is 10.3. The van der Waals surface area contributed by atoms with Crippen LogP contribution < -0.4 is 10.2 Å². The number of carbonyl (C=O) groups excluding carboxylic acids is 1. The van der Waals surface area contributed by atoms with Crippen LogP contribution in [0, 0.1) is 11.8 Å². The zero-order valence-corrected chi connectivity index (χ0v) is 16.1. The van der Waals surface area contributed by atoms with Gasteiger partial charge in [0.25, 0.3) is 0 Å². The Morgan fingerprint density at radius 1 is 1.36 bits per heavy atom. The molecule has 0 unspecified atom stereocenters. The first kappa shape index (κ1) is 17.7. The van der Waals surface area contributed by atoms with Gasteiger partial charge in [-0.25, -0.2) is 0 Å². The summed E-state index contributed by atoms with van der Waals surface area (Å²) in [4.78, 5) is 18.7. The van der Waals surface area contributed by atoms with Crippen molar-refractivity contribution in [3.63, 3.8) is 0 Å². The summed E-state index contributed by atoms with van der Waals surface area (Å²) in [6, 6.07) is 10.4. The number of fused-ring (bicyclic) bond motifs is 1. The molecule has 5 rings (SSSR count). The molecule has 3 aliphatic heterocycles. The van der Waals surface area contributed by atoms with Gasteiger partial charge < -0.3 is 19.5 Å². The average Bonchev–Trinajstić information content (AvgIpc) is 3.46. The van der Waals surface area contributed by atoms with Crippen molar-refractivity contribution < 1.29 is 14.1 Å². The minimum absolute atomic E-state index is 0.133. The molecule has 2 aromatic rings. The Balaban J connectivity index is 1.30. The van der Waals surface area contributed by atoms with E-state index >= 15 is 0 Å². The van der Waals surface area contributed by atoms with Crippen LogP contribution in [0.4, 0.5) is 6.01 Å². The van der Waals surface area contributed by atoms with Crippen molar-refractivity contribution in [2.75, 3.05) is 24.5 Å². The van der Waals surface area contributed by atoms with Gasteiger partial charge in [0, 0.05) is 36.9 Å². The lowest BCUT2D eigenvalue weighted by Crippen LogP contribution is -2.41. The van der Waals surface area contributed by atoms with Gasteiger partial charge in [0.1, 0.15) is 0 Å². The van der Waals surface area contributed by atoms with Crippen molar-refractivity contribution in [3.8, 4) is 11.4 Å². The standard InChI is InChI=1S/C21H26N4O3/c1-2-6-18(26)22-11-15-16-12-25(13-21(16)10-9-17(15)27-21)20-23-19(24-28-20)14-7-4-3-5-8-14/h3-5,7-8,15-17H,2,6,9-13H2,1H3,(H,22,26)/t15-,16+,17+,21+/m0/s1. The van der Waals surface area contributed by atoms with Crippen molar-refractivity contribution in [2.24, 2.45) is 11.8 Å². The topological polar surface area (TPSA) is 80.5 Å². The third-order valence-electron chi connectivity index (χ3n) is 6.51. The smallest absolute Gasteiger partial charge is 0.324 e. The molecule has 1 aromatic carbocycles. The molecular formula is C21H26N4O3. The molecule has 0 aliphatic carbocycles. The molecular weight excluding hydrogens is 356 g/mol. The number of nitrogens with zero attached hydrogens (tertiary/aromatic N) is 3. The summed E-state index contributed by atoms with van der Waals surface area (Å²) in [5.74, 6) is 1.49.